The van der Waals surface area contributed by atoms with Crippen LogP contribution in [0.15, 0.2) is 24.3 Å². The zero-order chi connectivity index (χ0) is 15.3. The van der Waals surface area contributed by atoms with Crippen molar-refractivity contribution in [3.63, 3.8) is 0 Å². The molecule has 1 aromatic rings. The number of anilines is 1. The maximum absolute atomic E-state index is 12.1. The minimum absolute atomic E-state index is 0.112. The Morgan fingerprint density at radius 2 is 1.71 bits per heavy atom. The second-order valence-electron chi connectivity index (χ2n) is 5.64. The molecule has 2 N–H and O–H groups in total. The van der Waals surface area contributed by atoms with Crippen molar-refractivity contribution in [2.24, 2.45) is 5.41 Å². The monoisotopic (exact) mass is 303 g/mol. The van der Waals surface area contributed by atoms with E-state index in [1.54, 1.807) is 12.1 Å². The first-order chi connectivity index (χ1) is 9.92. The van der Waals surface area contributed by atoms with Crippen molar-refractivity contribution in [3.05, 3.63) is 24.3 Å². The maximum atomic E-state index is 12.1. The lowest BCUT2D eigenvalue weighted by atomic mass is 9.74. The predicted octanol–water partition coefficient (Wildman–Crippen LogP) is 3.94. The highest BCUT2D eigenvalue weighted by Crippen LogP contribution is 2.36. The summed E-state index contributed by atoms with van der Waals surface area (Å²) in [5.41, 5.74) is 0.613. The zero-order valence-electron chi connectivity index (χ0n) is 11.7. The van der Waals surface area contributed by atoms with Gasteiger partial charge in [-0.25, -0.2) is 0 Å². The second kappa shape index (κ2) is 6.56. The number of hydrogen-bond acceptors (Lipinski definition) is 3. The molecule has 3 nitrogen and oxygen atoms in total. The van der Waals surface area contributed by atoms with Gasteiger partial charge in [0.2, 0.25) is 0 Å². The van der Waals surface area contributed by atoms with Gasteiger partial charge in [-0.1, -0.05) is 19.3 Å². The number of aliphatic hydroxyl groups excluding tert-OH is 1. The maximum Gasteiger partial charge on any atom is 0.573 e. The van der Waals surface area contributed by atoms with E-state index in [1.807, 2.05) is 0 Å². The van der Waals surface area contributed by atoms with E-state index in [1.165, 1.54) is 18.6 Å². The first-order valence-electron chi connectivity index (χ1n) is 7.13. The van der Waals surface area contributed by atoms with Crippen LogP contribution in [0.5, 0.6) is 5.75 Å². The second-order valence-corrected chi connectivity index (χ2v) is 5.64. The van der Waals surface area contributed by atoms with Gasteiger partial charge < -0.3 is 15.2 Å². The van der Waals surface area contributed by atoms with E-state index in [0.717, 1.165) is 31.4 Å². The molecule has 0 saturated heterocycles. The first kappa shape index (κ1) is 15.9. The van der Waals surface area contributed by atoms with Crippen LogP contribution in [0.25, 0.3) is 0 Å². The normalized spacial score (nSPS) is 18.3. The summed E-state index contributed by atoms with van der Waals surface area (Å²) in [5.74, 6) is -0.234. The van der Waals surface area contributed by atoms with E-state index < -0.39 is 6.36 Å². The fourth-order valence-corrected chi connectivity index (χ4v) is 2.76. The van der Waals surface area contributed by atoms with Crippen LogP contribution in [0.4, 0.5) is 18.9 Å². The molecule has 0 amide bonds. The van der Waals surface area contributed by atoms with Gasteiger partial charge in [-0.15, -0.1) is 13.2 Å². The van der Waals surface area contributed by atoms with Crippen molar-refractivity contribution >= 4 is 5.69 Å². The minimum atomic E-state index is -4.67. The number of alkyl halides is 3. The van der Waals surface area contributed by atoms with Crippen LogP contribution >= 0.6 is 0 Å². The Hall–Kier alpha value is -1.43. The van der Waals surface area contributed by atoms with Crippen LogP contribution in [-0.2, 0) is 0 Å². The van der Waals surface area contributed by atoms with E-state index >= 15 is 0 Å². The average Bonchev–Trinajstić information content (AvgIpc) is 2.46. The zero-order valence-corrected chi connectivity index (χ0v) is 11.7. The molecule has 0 atom stereocenters. The molecule has 0 heterocycles. The van der Waals surface area contributed by atoms with Crippen molar-refractivity contribution in [3.8, 4) is 5.75 Å². The summed E-state index contributed by atoms with van der Waals surface area (Å²) in [7, 11) is 0. The smallest absolute Gasteiger partial charge is 0.406 e. The lowest BCUT2D eigenvalue weighted by Crippen LogP contribution is -2.35. The van der Waals surface area contributed by atoms with Crippen molar-refractivity contribution < 1.29 is 23.0 Å². The first-order valence-corrected chi connectivity index (χ1v) is 7.13. The Bertz CT molecular complexity index is 439. The number of nitrogens with one attached hydrogen (secondary N) is 1. The van der Waals surface area contributed by atoms with E-state index in [9.17, 15) is 18.3 Å². The fourth-order valence-electron chi connectivity index (χ4n) is 2.76. The topological polar surface area (TPSA) is 41.5 Å². The third-order valence-electron chi connectivity index (χ3n) is 4.01. The molecule has 1 aliphatic carbocycles. The summed E-state index contributed by atoms with van der Waals surface area (Å²) in [5, 5.41) is 12.8. The van der Waals surface area contributed by atoms with Crippen molar-refractivity contribution in [1.82, 2.24) is 0 Å². The molecule has 0 radical (unpaired) electrons. The Balaban J connectivity index is 1.91. The molecule has 21 heavy (non-hydrogen) atoms. The summed E-state index contributed by atoms with van der Waals surface area (Å²) in [4.78, 5) is 0. The molecular weight excluding hydrogens is 283 g/mol. The summed E-state index contributed by atoms with van der Waals surface area (Å²) in [6, 6.07) is 5.66. The highest BCUT2D eigenvalue weighted by atomic mass is 19.4. The van der Waals surface area contributed by atoms with Crippen LogP contribution in [0, 0.1) is 5.41 Å². The highest BCUT2D eigenvalue weighted by molar-refractivity contribution is 5.46. The van der Waals surface area contributed by atoms with Crippen molar-refractivity contribution in [2.75, 3.05) is 18.5 Å². The molecule has 1 saturated carbocycles. The van der Waals surface area contributed by atoms with Gasteiger partial charge in [0.05, 0.1) is 6.61 Å². The molecule has 2 rings (SSSR count). The van der Waals surface area contributed by atoms with E-state index in [-0.39, 0.29) is 17.8 Å². The third-order valence-corrected chi connectivity index (χ3v) is 4.01. The Morgan fingerprint density at radius 1 is 1.10 bits per heavy atom. The van der Waals surface area contributed by atoms with E-state index in [0.29, 0.717) is 6.54 Å². The van der Waals surface area contributed by atoms with Crippen LogP contribution in [0.2, 0.25) is 0 Å². The molecule has 0 unspecified atom stereocenters. The fraction of sp³-hybridized carbons (Fsp3) is 0.600. The molecule has 1 aliphatic rings. The van der Waals surface area contributed by atoms with Gasteiger partial charge in [-0.05, 0) is 37.1 Å². The van der Waals surface area contributed by atoms with Gasteiger partial charge >= 0.3 is 6.36 Å². The lowest BCUT2D eigenvalue weighted by Gasteiger charge is -2.36. The summed E-state index contributed by atoms with van der Waals surface area (Å²) in [6.45, 7) is 0.762. The highest BCUT2D eigenvalue weighted by Gasteiger charge is 2.32. The van der Waals surface area contributed by atoms with Crippen LogP contribution in [0.3, 0.4) is 0 Å². The Labute approximate surface area is 122 Å². The molecule has 1 fully saturated rings. The number of benzene rings is 1. The minimum Gasteiger partial charge on any atom is -0.406 e. The number of halogens is 3. The van der Waals surface area contributed by atoms with Gasteiger partial charge in [-0.3, -0.25) is 0 Å². The lowest BCUT2D eigenvalue weighted by molar-refractivity contribution is -0.274. The number of ether oxygens (including phenoxy) is 1. The van der Waals surface area contributed by atoms with Crippen LogP contribution < -0.4 is 10.1 Å². The molecule has 0 aromatic heterocycles. The quantitative estimate of drug-likeness (QED) is 0.865. The molecular formula is C15H20F3NO2. The SMILES string of the molecule is OCC1(CNc2ccc(OC(F)(F)F)cc2)CCCCC1. The number of aliphatic hydroxyl groups is 1. The van der Waals surface area contributed by atoms with E-state index in [4.69, 9.17) is 0 Å². The average molecular weight is 303 g/mol. The molecule has 0 aliphatic heterocycles. The Morgan fingerprint density at radius 3 is 2.24 bits per heavy atom. The van der Waals surface area contributed by atoms with Gasteiger partial charge in [-0.2, -0.15) is 0 Å². The van der Waals surface area contributed by atoms with Gasteiger partial charge in [0.1, 0.15) is 5.75 Å². The molecule has 1 aromatic carbocycles. The van der Waals surface area contributed by atoms with Gasteiger partial charge in [0, 0.05) is 17.6 Å². The predicted molar refractivity (Wildman–Crippen MR) is 74.2 cm³/mol. The largest absolute Gasteiger partial charge is 0.573 e. The standard InChI is InChI=1S/C15H20F3NO2/c16-15(17,18)21-13-6-4-12(5-7-13)19-10-14(11-20)8-2-1-3-9-14/h4-7,19-20H,1-3,8-11H2. The molecule has 6 heteroatoms. The summed E-state index contributed by atoms with van der Waals surface area (Å²) < 4.78 is 40.0. The molecule has 118 valence electrons. The van der Waals surface area contributed by atoms with Gasteiger partial charge in [0.15, 0.2) is 0 Å². The van der Waals surface area contributed by atoms with Crippen molar-refractivity contribution in [2.45, 2.75) is 38.5 Å². The summed E-state index contributed by atoms with van der Waals surface area (Å²) in [6.07, 6.45) is 0.710. The summed E-state index contributed by atoms with van der Waals surface area (Å²) >= 11 is 0. The molecule has 0 spiro atoms. The van der Waals surface area contributed by atoms with Crippen LogP contribution in [0.1, 0.15) is 32.1 Å². The van der Waals surface area contributed by atoms with Crippen molar-refractivity contribution in [1.29, 1.82) is 0 Å². The molecule has 0 bridgehead atoms. The number of hydrogen-bond donors (Lipinski definition) is 2. The number of rotatable bonds is 5. The van der Waals surface area contributed by atoms with Crippen LogP contribution in [-0.4, -0.2) is 24.6 Å². The Kier molecular flexibility index (Phi) is 4.98. The third kappa shape index (κ3) is 4.81. The van der Waals surface area contributed by atoms with Gasteiger partial charge in [0.25, 0.3) is 0 Å². The van der Waals surface area contributed by atoms with E-state index in [2.05, 4.69) is 10.1 Å².